The van der Waals surface area contributed by atoms with Crippen molar-refractivity contribution in [2.75, 3.05) is 11.9 Å². The van der Waals surface area contributed by atoms with Gasteiger partial charge >= 0.3 is 6.03 Å². The molecule has 3 aromatic rings. The standard InChI is InChI=1S/C19H22N4O2/c1-14(5-4-12-24)21-19(25)22-16-8-10-17(11-9-16)23-18-7-3-2-6-15(18)13-20-23/h2-3,6-11,13-14,24H,4-5,12H2,1H3,(H2,21,22,25). The van der Waals surface area contributed by atoms with E-state index in [1.807, 2.05) is 66.3 Å². The monoisotopic (exact) mass is 338 g/mol. The molecule has 0 aliphatic rings. The molecule has 0 spiro atoms. The molecule has 2 aromatic carbocycles. The zero-order chi connectivity index (χ0) is 17.6. The second-order valence-electron chi connectivity index (χ2n) is 6.03. The van der Waals surface area contributed by atoms with Crippen molar-refractivity contribution < 1.29 is 9.90 Å². The Balaban J connectivity index is 1.65. The van der Waals surface area contributed by atoms with E-state index in [2.05, 4.69) is 15.7 Å². The third-order valence-corrected chi connectivity index (χ3v) is 4.02. The maximum atomic E-state index is 12.0. The van der Waals surface area contributed by atoms with Gasteiger partial charge in [-0.25, -0.2) is 9.48 Å². The van der Waals surface area contributed by atoms with Crippen molar-refractivity contribution in [3.05, 3.63) is 54.7 Å². The summed E-state index contributed by atoms with van der Waals surface area (Å²) in [5, 5.41) is 20.0. The highest BCUT2D eigenvalue weighted by Gasteiger charge is 2.08. The molecule has 3 rings (SSSR count). The summed E-state index contributed by atoms with van der Waals surface area (Å²) in [5.41, 5.74) is 2.69. The van der Waals surface area contributed by atoms with Crippen LogP contribution in [0.5, 0.6) is 0 Å². The molecule has 0 saturated heterocycles. The molecule has 1 aromatic heterocycles. The lowest BCUT2D eigenvalue weighted by Gasteiger charge is -2.14. The molecule has 0 aliphatic heterocycles. The lowest BCUT2D eigenvalue weighted by molar-refractivity contribution is 0.245. The number of urea groups is 1. The van der Waals surface area contributed by atoms with Crippen LogP contribution >= 0.6 is 0 Å². The quantitative estimate of drug-likeness (QED) is 0.645. The average molecular weight is 338 g/mol. The number of hydrogen-bond acceptors (Lipinski definition) is 3. The molecular formula is C19H22N4O2. The number of rotatable bonds is 6. The van der Waals surface area contributed by atoms with Crippen molar-refractivity contribution in [1.82, 2.24) is 15.1 Å². The van der Waals surface area contributed by atoms with Crippen molar-refractivity contribution in [3.8, 4) is 5.69 Å². The molecule has 1 heterocycles. The lowest BCUT2D eigenvalue weighted by Crippen LogP contribution is -2.36. The van der Waals surface area contributed by atoms with Crippen LogP contribution in [-0.4, -0.2) is 33.6 Å². The number of amides is 2. The first-order valence-electron chi connectivity index (χ1n) is 8.39. The summed E-state index contributed by atoms with van der Waals surface area (Å²) in [4.78, 5) is 12.0. The minimum Gasteiger partial charge on any atom is -0.396 e. The molecule has 1 unspecified atom stereocenters. The minimum atomic E-state index is -0.247. The van der Waals surface area contributed by atoms with Crippen LogP contribution in [0.1, 0.15) is 19.8 Å². The number of carbonyl (C=O) groups is 1. The van der Waals surface area contributed by atoms with Crippen LogP contribution in [-0.2, 0) is 0 Å². The summed E-state index contributed by atoms with van der Waals surface area (Å²) >= 11 is 0. The molecule has 0 bridgehead atoms. The van der Waals surface area contributed by atoms with Crippen molar-refractivity contribution in [3.63, 3.8) is 0 Å². The molecule has 0 aliphatic carbocycles. The van der Waals surface area contributed by atoms with Crippen LogP contribution in [0.25, 0.3) is 16.6 Å². The maximum Gasteiger partial charge on any atom is 0.319 e. The van der Waals surface area contributed by atoms with E-state index in [1.165, 1.54) is 0 Å². The van der Waals surface area contributed by atoms with E-state index >= 15 is 0 Å². The molecule has 130 valence electrons. The fourth-order valence-corrected chi connectivity index (χ4v) is 2.72. The van der Waals surface area contributed by atoms with Gasteiger partial charge in [-0.3, -0.25) is 0 Å². The fourth-order valence-electron chi connectivity index (χ4n) is 2.72. The molecule has 0 fully saturated rings. The van der Waals surface area contributed by atoms with E-state index in [4.69, 9.17) is 5.11 Å². The molecule has 25 heavy (non-hydrogen) atoms. The number of fused-ring (bicyclic) bond motifs is 1. The first kappa shape index (κ1) is 17.0. The van der Waals surface area contributed by atoms with Gasteiger partial charge in [-0.2, -0.15) is 5.10 Å². The van der Waals surface area contributed by atoms with Crippen molar-refractivity contribution in [2.24, 2.45) is 0 Å². The van der Waals surface area contributed by atoms with Crippen LogP contribution in [0.15, 0.2) is 54.7 Å². The van der Waals surface area contributed by atoms with Gasteiger partial charge in [0, 0.05) is 23.7 Å². The van der Waals surface area contributed by atoms with Crippen molar-refractivity contribution in [2.45, 2.75) is 25.8 Å². The summed E-state index contributed by atoms with van der Waals surface area (Å²) < 4.78 is 1.87. The third-order valence-electron chi connectivity index (χ3n) is 4.02. The Morgan fingerprint density at radius 3 is 2.72 bits per heavy atom. The number of benzene rings is 2. The van der Waals surface area contributed by atoms with Gasteiger partial charge in [-0.1, -0.05) is 18.2 Å². The highest BCUT2D eigenvalue weighted by atomic mass is 16.3. The largest absolute Gasteiger partial charge is 0.396 e. The van der Waals surface area contributed by atoms with Gasteiger partial charge in [0.25, 0.3) is 0 Å². The molecule has 0 saturated carbocycles. The van der Waals surface area contributed by atoms with Crippen LogP contribution in [0.4, 0.5) is 10.5 Å². The summed E-state index contributed by atoms with van der Waals surface area (Å²) in [6.45, 7) is 2.05. The van der Waals surface area contributed by atoms with Gasteiger partial charge in [0.2, 0.25) is 0 Å². The van der Waals surface area contributed by atoms with E-state index in [9.17, 15) is 4.79 Å². The summed E-state index contributed by atoms with van der Waals surface area (Å²) in [6.07, 6.45) is 3.26. The summed E-state index contributed by atoms with van der Waals surface area (Å²) in [5.74, 6) is 0. The Bertz CT molecular complexity index is 842. The van der Waals surface area contributed by atoms with E-state index in [1.54, 1.807) is 0 Å². The highest BCUT2D eigenvalue weighted by molar-refractivity contribution is 5.89. The molecule has 0 radical (unpaired) electrons. The Labute approximate surface area is 146 Å². The Morgan fingerprint density at radius 2 is 1.96 bits per heavy atom. The Kier molecular flexibility index (Phi) is 5.30. The number of aliphatic hydroxyl groups is 1. The Morgan fingerprint density at radius 1 is 1.20 bits per heavy atom. The van der Waals surface area contributed by atoms with E-state index < -0.39 is 0 Å². The number of nitrogens with one attached hydrogen (secondary N) is 2. The topological polar surface area (TPSA) is 79.2 Å². The van der Waals surface area contributed by atoms with Gasteiger partial charge in [0.15, 0.2) is 0 Å². The van der Waals surface area contributed by atoms with Crippen molar-refractivity contribution in [1.29, 1.82) is 0 Å². The second kappa shape index (κ2) is 7.81. The first-order chi connectivity index (χ1) is 12.2. The highest BCUT2D eigenvalue weighted by Crippen LogP contribution is 2.19. The van der Waals surface area contributed by atoms with Crippen LogP contribution in [0, 0.1) is 0 Å². The van der Waals surface area contributed by atoms with Gasteiger partial charge in [0.1, 0.15) is 0 Å². The zero-order valence-electron chi connectivity index (χ0n) is 14.1. The van der Waals surface area contributed by atoms with Crippen molar-refractivity contribution >= 4 is 22.6 Å². The van der Waals surface area contributed by atoms with E-state index in [0.717, 1.165) is 23.0 Å². The average Bonchev–Trinajstić information content (AvgIpc) is 3.04. The third kappa shape index (κ3) is 4.16. The predicted molar refractivity (Wildman–Crippen MR) is 99.0 cm³/mol. The molecule has 2 amide bonds. The smallest absolute Gasteiger partial charge is 0.319 e. The number of carbonyl (C=O) groups excluding carboxylic acids is 1. The number of aliphatic hydroxyl groups excluding tert-OH is 1. The summed E-state index contributed by atoms with van der Waals surface area (Å²) in [6, 6.07) is 15.3. The molecule has 1 atom stereocenters. The number of nitrogens with zero attached hydrogens (tertiary/aromatic N) is 2. The van der Waals surface area contributed by atoms with E-state index in [0.29, 0.717) is 12.1 Å². The zero-order valence-corrected chi connectivity index (χ0v) is 14.1. The maximum absolute atomic E-state index is 12.0. The summed E-state index contributed by atoms with van der Waals surface area (Å²) in [7, 11) is 0. The Hall–Kier alpha value is -2.86. The second-order valence-corrected chi connectivity index (χ2v) is 6.03. The van der Waals surface area contributed by atoms with Gasteiger partial charge < -0.3 is 15.7 Å². The normalized spacial score (nSPS) is 12.1. The van der Waals surface area contributed by atoms with E-state index in [-0.39, 0.29) is 18.7 Å². The van der Waals surface area contributed by atoms with Gasteiger partial charge in [-0.05, 0) is 50.1 Å². The lowest BCUT2D eigenvalue weighted by atomic mass is 10.2. The van der Waals surface area contributed by atoms with Gasteiger partial charge in [-0.15, -0.1) is 0 Å². The number of hydrogen-bond donors (Lipinski definition) is 3. The molecular weight excluding hydrogens is 316 g/mol. The SMILES string of the molecule is CC(CCCO)NC(=O)Nc1ccc(-n2ncc3ccccc32)cc1. The number of aromatic nitrogens is 2. The van der Waals surface area contributed by atoms with Gasteiger partial charge in [0.05, 0.1) is 17.4 Å². The molecule has 6 nitrogen and oxygen atoms in total. The molecule has 6 heteroatoms. The van der Waals surface area contributed by atoms with Crippen LogP contribution < -0.4 is 10.6 Å². The number of anilines is 1. The molecule has 3 N–H and O–H groups in total. The fraction of sp³-hybridized carbons (Fsp3) is 0.263. The first-order valence-corrected chi connectivity index (χ1v) is 8.39. The van der Waals surface area contributed by atoms with Crippen LogP contribution in [0.2, 0.25) is 0 Å². The van der Waals surface area contributed by atoms with Crippen LogP contribution in [0.3, 0.4) is 0 Å². The predicted octanol–water partition coefficient (Wildman–Crippen LogP) is 3.31. The number of para-hydroxylation sites is 1. The minimum absolute atomic E-state index is 0.0156.